The van der Waals surface area contributed by atoms with Crippen LogP contribution in [0.25, 0.3) is 21.0 Å². The van der Waals surface area contributed by atoms with E-state index in [4.69, 9.17) is 4.74 Å². The lowest BCUT2D eigenvalue weighted by Gasteiger charge is -2.08. The Bertz CT molecular complexity index is 1530. The minimum absolute atomic E-state index is 0.130. The van der Waals surface area contributed by atoms with Gasteiger partial charge in [0.1, 0.15) is 5.75 Å². The van der Waals surface area contributed by atoms with Gasteiger partial charge < -0.3 is 15.4 Å². The van der Waals surface area contributed by atoms with E-state index in [-0.39, 0.29) is 17.6 Å². The van der Waals surface area contributed by atoms with E-state index in [0.29, 0.717) is 16.4 Å². The molecule has 0 fully saturated rings. The van der Waals surface area contributed by atoms with E-state index in [1.807, 2.05) is 84.9 Å². The molecule has 2 amide bonds. The molecule has 0 aliphatic heterocycles. The Morgan fingerprint density at radius 1 is 0.914 bits per heavy atom. The predicted octanol–water partition coefficient (Wildman–Crippen LogP) is 6.44. The molecular weight excluding hydrogens is 478 g/mol. The second kappa shape index (κ2) is 10.2. The number of rotatable bonds is 7. The number of methoxy groups -OCH3 is 1. The van der Waals surface area contributed by atoms with Gasteiger partial charge in [0.25, 0.3) is 5.91 Å². The van der Waals surface area contributed by atoms with Crippen LogP contribution in [0.15, 0.2) is 89.8 Å². The molecule has 5 aromatic rings. The van der Waals surface area contributed by atoms with Crippen LogP contribution in [0.4, 0.5) is 10.8 Å². The highest BCUT2D eigenvalue weighted by Gasteiger charge is 2.10. The largest absolute Gasteiger partial charge is 0.497 e. The van der Waals surface area contributed by atoms with Gasteiger partial charge in [-0.1, -0.05) is 41.7 Å². The van der Waals surface area contributed by atoms with Crippen LogP contribution in [0.1, 0.15) is 10.4 Å². The summed E-state index contributed by atoms with van der Waals surface area (Å²) in [5.74, 6) is 0.715. The molecule has 8 heteroatoms. The van der Waals surface area contributed by atoms with Gasteiger partial charge in [-0.25, -0.2) is 4.98 Å². The summed E-state index contributed by atoms with van der Waals surface area (Å²) in [6.45, 7) is 0. The van der Waals surface area contributed by atoms with Crippen LogP contribution in [-0.4, -0.2) is 29.7 Å². The molecule has 4 aromatic carbocycles. The number of thioether (sulfide) groups is 1. The molecule has 0 aliphatic carbocycles. The van der Waals surface area contributed by atoms with Crippen LogP contribution in [0.2, 0.25) is 0 Å². The van der Waals surface area contributed by atoms with Crippen molar-refractivity contribution in [1.82, 2.24) is 4.98 Å². The number of thiazole rings is 1. The smallest absolute Gasteiger partial charge is 0.255 e. The first-order valence-corrected chi connectivity index (χ1v) is 12.6. The first kappa shape index (κ1) is 22.9. The van der Waals surface area contributed by atoms with E-state index in [0.717, 1.165) is 31.6 Å². The number of amides is 2. The van der Waals surface area contributed by atoms with Gasteiger partial charge in [-0.05, 0) is 65.4 Å². The second-order valence-electron chi connectivity index (χ2n) is 7.73. The van der Waals surface area contributed by atoms with Gasteiger partial charge in [0.2, 0.25) is 5.91 Å². The summed E-state index contributed by atoms with van der Waals surface area (Å²) < 4.78 is 6.19. The van der Waals surface area contributed by atoms with E-state index in [2.05, 4.69) is 15.6 Å². The minimum atomic E-state index is -0.163. The summed E-state index contributed by atoms with van der Waals surface area (Å²) >= 11 is 2.83. The third-order valence-corrected chi connectivity index (χ3v) is 7.28. The number of hydrogen-bond donors (Lipinski definition) is 2. The summed E-state index contributed by atoms with van der Waals surface area (Å²) in [7, 11) is 1.62. The molecule has 35 heavy (non-hydrogen) atoms. The molecule has 0 bridgehead atoms. The molecule has 0 saturated carbocycles. The van der Waals surface area contributed by atoms with Gasteiger partial charge in [-0.3, -0.25) is 9.59 Å². The van der Waals surface area contributed by atoms with Crippen molar-refractivity contribution in [3.05, 3.63) is 90.5 Å². The fraction of sp³-hybridized carbons (Fsp3) is 0.0741. The Hall–Kier alpha value is -3.88. The highest BCUT2D eigenvalue weighted by Crippen LogP contribution is 2.29. The Balaban J connectivity index is 1.15. The lowest BCUT2D eigenvalue weighted by atomic mass is 10.1. The summed E-state index contributed by atoms with van der Waals surface area (Å²) in [6, 6.07) is 26.6. The zero-order chi connectivity index (χ0) is 24.2. The molecule has 0 unspecified atom stereocenters. The predicted molar refractivity (Wildman–Crippen MR) is 144 cm³/mol. The number of anilines is 2. The maximum absolute atomic E-state index is 12.7. The summed E-state index contributed by atoms with van der Waals surface area (Å²) in [6.07, 6.45) is 0. The molecular formula is C27H21N3O3S2. The SMILES string of the molecule is COc1ccc2nc(NC(=O)CSc3ccc(NC(=O)c4ccc5ccccc5c4)cc3)sc2c1. The molecule has 0 spiro atoms. The number of ether oxygens (including phenoxy) is 1. The zero-order valence-corrected chi connectivity index (χ0v) is 20.4. The molecule has 0 atom stereocenters. The standard InChI is InChI=1S/C27H21N3O3S2/c1-33-21-10-13-23-24(15-21)35-27(29-23)30-25(31)16-34-22-11-8-20(9-12-22)28-26(32)19-7-6-17-4-2-3-5-18(17)14-19/h2-15H,16H2,1H3,(H,28,32)(H,29,30,31). The van der Waals surface area contributed by atoms with Crippen LogP contribution in [0.3, 0.4) is 0 Å². The molecule has 6 nitrogen and oxygen atoms in total. The average Bonchev–Trinajstić information content (AvgIpc) is 3.29. The number of benzene rings is 4. The number of nitrogens with one attached hydrogen (secondary N) is 2. The molecule has 1 aromatic heterocycles. The van der Waals surface area contributed by atoms with Gasteiger partial charge in [0.15, 0.2) is 5.13 Å². The molecule has 5 rings (SSSR count). The Morgan fingerprint density at radius 3 is 2.51 bits per heavy atom. The van der Waals surface area contributed by atoms with Crippen LogP contribution in [0.5, 0.6) is 5.75 Å². The zero-order valence-electron chi connectivity index (χ0n) is 18.8. The number of aromatic nitrogens is 1. The van der Waals surface area contributed by atoms with Gasteiger partial charge in [-0.15, -0.1) is 11.8 Å². The number of fused-ring (bicyclic) bond motifs is 2. The molecule has 0 saturated heterocycles. The number of nitrogens with zero attached hydrogens (tertiary/aromatic N) is 1. The third kappa shape index (κ3) is 5.45. The molecule has 174 valence electrons. The fourth-order valence-electron chi connectivity index (χ4n) is 3.56. The molecule has 0 aliphatic rings. The van der Waals surface area contributed by atoms with Crippen molar-refractivity contribution in [2.24, 2.45) is 0 Å². The summed E-state index contributed by atoms with van der Waals surface area (Å²) in [5.41, 5.74) is 2.12. The van der Waals surface area contributed by atoms with Crippen LogP contribution < -0.4 is 15.4 Å². The third-order valence-electron chi connectivity index (χ3n) is 5.34. The van der Waals surface area contributed by atoms with Crippen molar-refractivity contribution in [3.63, 3.8) is 0 Å². The second-order valence-corrected chi connectivity index (χ2v) is 9.81. The van der Waals surface area contributed by atoms with Crippen molar-refractivity contribution < 1.29 is 14.3 Å². The first-order chi connectivity index (χ1) is 17.1. The Kier molecular flexibility index (Phi) is 6.65. The van der Waals surface area contributed by atoms with E-state index < -0.39 is 0 Å². The van der Waals surface area contributed by atoms with Gasteiger partial charge in [0, 0.05) is 16.1 Å². The lowest BCUT2D eigenvalue weighted by Crippen LogP contribution is -2.13. The molecule has 1 heterocycles. The van der Waals surface area contributed by atoms with E-state index in [1.165, 1.54) is 23.1 Å². The molecule has 2 N–H and O–H groups in total. The van der Waals surface area contributed by atoms with Gasteiger partial charge in [-0.2, -0.15) is 0 Å². The maximum Gasteiger partial charge on any atom is 0.255 e. The molecule has 0 radical (unpaired) electrons. The Labute approximate surface area is 210 Å². The number of carbonyl (C=O) groups excluding carboxylic acids is 2. The highest BCUT2D eigenvalue weighted by molar-refractivity contribution is 8.00. The van der Waals surface area contributed by atoms with Gasteiger partial charge in [0.05, 0.1) is 23.1 Å². The van der Waals surface area contributed by atoms with Crippen molar-refractivity contribution in [1.29, 1.82) is 0 Å². The average molecular weight is 500 g/mol. The maximum atomic E-state index is 12.7. The lowest BCUT2D eigenvalue weighted by molar-refractivity contribution is -0.113. The van der Waals surface area contributed by atoms with Crippen LogP contribution >= 0.6 is 23.1 Å². The Morgan fingerprint density at radius 2 is 1.71 bits per heavy atom. The quantitative estimate of drug-likeness (QED) is 0.252. The number of hydrogen-bond acceptors (Lipinski definition) is 6. The minimum Gasteiger partial charge on any atom is -0.497 e. The van der Waals surface area contributed by atoms with Crippen molar-refractivity contribution >= 4 is 66.7 Å². The summed E-state index contributed by atoms with van der Waals surface area (Å²) in [5, 5.41) is 8.46. The normalized spacial score (nSPS) is 10.9. The van der Waals surface area contributed by atoms with Crippen molar-refractivity contribution in [2.45, 2.75) is 4.90 Å². The van der Waals surface area contributed by atoms with E-state index in [9.17, 15) is 9.59 Å². The van der Waals surface area contributed by atoms with Crippen LogP contribution in [-0.2, 0) is 4.79 Å². The van der Waals surface area contributed by atoms with Crippen LogP contribution in [0, 0.1) is 0 Å². The van der Waals surface area contributed by atoms with Gasteiger partial charge >= 0.3 is 0 Å². The monoisotopic (exact) mass is 499 g/mol. The highest BCUT2D eigenvalue weighted by atomic mass is 32.2. The van der Waals surface area contributed by atoms with E-state index >= 15 is 0 Å². The topological polar surface area (TPSA) is 80.3 Å². The summed E-state index contributed by atoms with van der Waals surface area (Å²) in [4.78, 5) is 30.4. The number of carbonyl (C=O) groups is 2. The fourth-order valence-corrected chi connectivity index (χ4v) is 5.17. The van der Waals surface area contributed by atoms with Crippen molar-refractivity contribution in [2.75, 3.05) is 23.5 Å². The van der Waals surface area contributed by atoms with E-state index in [1.54, 1.807) is 7.11 Å². The van der Waals surface area contributed by atoms with Crippen molar-refractivity contribution in [3.8, 4) is 5.75 Å². The first-order valence-electron chi connectivity index (χ1n) is 10.8.